The first-order chi connectivity index (χ1) is 13.1. The molecule has 3 fully saturated rings. The third-order valence-electron chi connectivity index (χ3n) is 5.68. The predicted octanol–water partition coefficient (Wildman–Crippen LogP) is 0.873. The molecule has 0 spiro atoms. The number of hydrogen-bond acceptors (Lipinski definition) is 4. The van der Waals surface area contributed by atoms with Crippen LogP contribution in [-0.2, 0) is 14.4 Å². The summed E-state index contributed by atoms with van der Waals surface area (Å²) in [6.07, 6.45) is 3.68. The molecule has 1 saturated carbocycles. The second-order valence-electron chi connectivity index (χ2n) is 7.78. The molecular formula is C20H26N4O3. The van der Waals surface area contributed by atoms with Crippen LogP contribution in [0.5, 0.6) is 0 Å². The number of nitrogens with one attached hydrogen (secondary N) is 3. The summed E-state index contributed by atoms with van der Waals surface area (Å²) in [7, 11) is 0. The molecule has 1 aromatic rings. The van der Waals surface area contributed by atoms with Crippen molar-refractivity contribution in [3.8, 4) is 0 Å². The van der Waals surface area contributed by atoms with Gasteiger partial charge in [0.2, 0.25) is 17.7 Å². The van der Waals surface area contributed by atoms with Gasteiger partial charge < -0.3 is 16.0 Å². The van der Waals surface area contributed by atoms with Gasteiger partial charge in [0.05, 0.1) is 6.04 Å². The third kappa shape index (κ3) is 4.30. The van der Waals surface area contributed by atoms with Crippen LogP contribution in [-0.4, -0.2) is 53.8 Å². The zero-order chi connectivity index (χ0) is 18.8. The van der Waals surface area contributed by atoms with Gasteiger partial charge in [0.25, 0.3) is 0 Å². The minimum Gasteiger partial charge on any atom is -0.353 e. The summed E-state index contributed by atoms with van der Waals surface area (Å²) in [5, 5.41) is 8.96. The van der Waals surface area contributed by atoms with Gasteiger partial charge in [-0.1, -0.05) is 18.2 Å². The average molecular weight is 370 g/mol. The van der Waals surface area contributed by atoms with Crippen molar-refractivity contribution in [3.63, 3.8) is 0 Å². The summed E-state index contributed by atoms with van der Waals surface area (Å²) < 4.78 is 0. The van der Waals surface area contributed by atoms with Gasteiger partial charge in [0, 0.05) is 43.2 Å². The molecule has 1 aromatic carbocycles. The van der Waals surface area contributed by atoms with E-state index in [9.17, 15) is 14.4 Å². The van der Waals surface area contributed by atoms with Gasteiger partial charge in [-0.15, -0.1) is 0 Å². The highest BCUT2D eigenvalue weighted by atomic mass is 16.2. The molecule has 0 unspecified atom stereocenters. The van der Waals surface area contributed by atoms with E-state index in [1.165, 1.54) is 0 Å². The molecule has 2 aliphatic heterocycles. The second kappa shape index (κ2) is 7.68. The molecule has 4 rings (SSSR count). The van der Waals surface area contributed by atoms with Gasteiger partial charge in [0.1, 0.15) is 0 Å². The molecular weight excluding hydrogens is 344 g/mol. The van der Waals surface area contributed by atoms with Crippen LogP contribution in [0, 0.1) is 5.92 Å². The summed E-state index contributed by atoms with van der Waals surface area (Å²) in [5.41, 5.74) is 0.793. The van der Waals surface area contributed by atoms with Gasteiger partial charge in [-0.25, -0.2) is 0 Å². The van der Waals surface area contributed by atoms with Crippen LogP contribution >= 0.6 is 0 Å². The lowest BCUT2D eigenvalue weighted by Crippen LogP contribution is -2.58. The van der Waals surface area contributed by atoms with Gasteiger partial charge in [-0.05, 0) is 37.8 Å². The standard InChI is InChI=1S/C20H26N4O3/c25-18(22-14-4-2-1-3-5-14)9-8-16-11-21-20(27)17-10-15(12-24(16)17)23-19(26)13-6-7-13/h1-5,13,15-17H,6-12H2,(H,21,27)(H,22,25)(H,23,26)/t15-,16+,17-/m0/s1. The van der Waals surface area contributed by atoms with Crippen LogP contribution in [0.3, 0.4) is 0 Å². The Balaban J connectivity index is 1.30. The molecule has 7 nitrogen and oxygen atoms in total. The number of carbonyl (C=O) groups is 3. The van der Waals surface area contributed by atoms with Crippen molar-refractivity contribution in [2.24, 2.45) is 5.92 Å². The van der Waals surface area contributed by atoms with E-state index in [-0.39, 0.29) is 41.8 Å². The first kappa shape index (κ1) is 18.0. The van der Waals surface area contributed by atoms with E-state index in [0.29, 0.717) is 32.4 Å². The maximum Gasteiger partial charge on any atom is 0.237 e. The molecule has 3 N–H and O–H groups in total. The minimum absolute atomic E-state index is 0.0209. The fraction of sp³-hybridized carbons (Fsp3) is 0.550. The van der Waals surface area contributed by atoms with Crippen LogP contribution in [0.1, 0.15) is 32.1 Å². The Labute approximate surface area is 158 Å². The maximum atomic E-state index is 12.2. The van der Waals surface area contributed by atoms with Crippen molar-refractivity contribution in [2.75, 3.05) is 18.4 Å². The number of piperazine rings is 1. The van der Waals surface area contributed by atoms with E-state index < -0.39 is 0 Å². The third-order valence-corrected chi connectivity index (χ3v) is 5.68. The van der Waals surface area contributed by atoms with E-state index in [2.05, 4.69) is 20.9 Å². The molecule has 1 aliphatic carbocycles. The molecule has 2 saturated heterocycles. The number of para-hydroxylation sites is 1. The number of benzene rings is 1. The van der Waals surface area contributed by atoms with Crippen molar-refractivity contribution in [1.29, 1.82) is 0 Å². The van der Waals surface area contributed by atoms with E-state index in [4.69, 9.17) is 0 Å². The van der Waals surface area contributed by atoms with Crippen LogP contribution in [0.2, 0.25) is 0 Å². The molecule has 7 heteroatoms. The van der Waals surface area contributed by atoms with E-state index in [1.807, 2.05) is 30.3 Å². The second-order valence-corrected chi connectivity index (χ2v) is 7.78. The molecule has 0 aromatic heterocycles. The Hall–Kier alpha value is -2.41. The summed E-state index contributed by atoms with van der Waals surface area (Å²) in [4.78, 5) is 38.7. The Morgan fingerprint density at radius 3 is 2.70 bits per heavy atom. The monoisotopic (exact) mass is 370 g/mol. The Morgan fingerprint density at radius 2 is 1.96 bits per heavy atom. The van der Waals surface area contributed by atoms with E-state index in [1.54, 1.807) is 0 Å². The SMILES string of the molecule is O=C(CC[C@@H]1CNC(=O)[C@@H]2C[C@H](NC(=O)C3CC3)CN12)Nc1ccccc1. The van der Waals surface area contributed by atoms with Crippen LogP contribution < -0.4 is 16.0 Å². The summed E-state index contributed by atoms with van der Waals surface area (Å²) in [6.45, 7) is 1.23. The largest absolute Gasteiger partial charge is 0.353 e. The number of fused-ring (bicyclic) bond motifs is 1. The molecule has 3 amide bonds. The topological polar surface area (TPSA) is 90.5 Å². The highest BCUT2D eigenvalue weighted by molar-refractivity contribution is 5.90. The number of rotatable bonds is 6. The number of anilines is 1. The minimum atomic E-state index is -0.203. The number of carbonyl (C=O) groups excluding carboxylic acids is 3. The lowest BCUT2D eigenvalue weighted by Gasteiger charge is -2.37. The number of hydrogen-bond donors (Lipinski definition) is 3. The molecule has 3 aliphatic rings. The summed E-state index contributed by atoms with van der Waals surface area (Å²) in [6, 6.07) is 9.35. The Bertz CT molecular complexity index is 719. The Morgan fingerprint density at radius 1 is 1.19 bits per heavy atom. The lowest BCUT2D eigenvalue weighted by atomic mass is 10.0. The van der Waals surface area contributed by atoms with Gasteiger partial charge in [-0.2, -0.15) is 0 Å². The highest BCUT2D eigenvalue weighted by Gasteiger charge is 2.44. The van der Waals surface area contributed by atoms with Crippen LogP contribution in [0.4, 0.5) is 5.69 Å². The first-order valence-electron chi connectivity index (χ1n) is 9.79. The quantitative estimate of drug-likeness (QED) is 0.693. The first-order valence-corrected chi connectivity index (χ1v) is 9.79. The fourth-order valence-corrected chi connectivity index (χ4v) is 4.06. The lowest BCUT2D eigenvalue weighted by molar-refractivity contribution is -0.129. The van der Waals surface area contributed by atoms with Crippen molar-refractivity contribution >= 4 is 23.4 Å². The average Bonchev–Trinajstić information content (AvgIpc) is 3.43. The molecule has 27 heavy (non-hydrogen) atoms. The zero-order valence-corrected chi connectivity index (χ0v) is 15.3. The van der Waals surface area contributed by atoms with E-state index >= 15 is 0 Å². The van der Waals surface area contributed by atoms with E-state index in [0.717, 1.165) is 18.5 Å². The molecule has 0 radical (unpaired) electrons. The van der Waals surface area contributed by atoms with Gasteiger partial charge >= 0.3 is 0 Å². The normalized spacial score (nSPS) is 27.6. The highest BCUT2D eigenvalue weighted by Crippen LogP contribution is 2.31. The summed E-state index contributed by atoms with van der Waals surface area (Å²) in [5.74, 6) is 0.309. The number of nitrogens with zero attached hydrogens (tertiary/aromatic N) is 1. The number of amides is 3. The maximum absolute atomic E-state index is 12.2. The Kier molecular flexibility index (Phi) is 5.11. The molecule has 2 heterocycles. The summed E-state index contributed by atoms with van der Waals surface area (Å²) >= 11 is 0. The molecule has 3 atom stereocenters. The smallest absolute Gasteiger partial charge is 0.237 e. The fourth-order valence-electron chi connectivity index (χ4n) is 4.06. The van der Waals surface area contributed by atoms with Crippen molar-refractivity contribution in [1.82, 2.24) is 15.5 Å². The van der Waals surface area contributed by atoms with Gasteiger partial charge in [-0.3, -0.25) is 19.3 Å². The molecule has 144 valence electrons. The van der Waals surface area contributed by atoms with Crippen molar-refractivity contribution in [3.05, 3.63) is 30.3 Å². The molecule has 0 bridgehead atoms. The van der Waals surface area contributed by atoms with Crippen LogP contribution in [0.25, 0.3) is 0 Å². The van der Waals surface area contributed by atoms with Crippen LogP contribution in [0.15, 0.2) is 30.3 Å². The van der Waals surface area contributed by atoms with Crippen molar-refractivity contribution < 1.29 is 14.4 Å². The predicted molar refractivity (Wildman–Crippen MR) is 101 cm³/mol. The van der Waals surface area contributed by atoms with Gasteiger partial charge in [0.15, 0.2) is 0 Å². The van der Waals surface area contributed by atoms with Crippen molar-refractivity contribution in [2.45, 2.75) is 50.2 Å². The zero-order valence-electron chi connectivity index (χ0n) is 15.3.